The molecular weight excluding hydrogens is 380 g/mol. The molecule has 6 nitrogen and oxygen atoms in total. The third kappa shape index (κ3) is 4.12. The zero-order chi connectivity index (χ0) is 20.9. The number of anilines is 1. The van der Waals surface area contributed by atoms with Gasteiger partial charge in [0.15, 0.2) is 6.10 Å². The lowest BCUT2D eigenvalue weighted by Gasteiger charge is -2.34. The largest absolute Gasteiger partial charge is 0.497 e. The van der Waals surface area contributed by atoms with Crippen LogP contribution < -0.4 is 19.7 Å². The van der Waals surface area contributed by atoms with Gasteiger partial charge in [0.25, 0.3) is 11.8 Å². The molecule has 1 aliphatic rings. The summed E-state index contributed by atoms with van der Waals surface area (Å²) in [4.78, 5) is 27.6. The van der Waals surface area contributed by atoms with Crippen LogP contribution in [-0.2, 0) is 11.3 Å². The van der Waals surface area contributed by atoms with Gasteiger partial charge in [-0.25, -0.2) is 0 Å². The highest BCUT2D eigenvalue weighted by atomic mass is 16.5. The molecule has 3 aromatic carbocycles. The van der Waals surface area contributed by atoms with E-state index in [1.807, 2.05) is 48.5 Å². The van der Waals surface area contributed by atoms with Gasteiger partial charge in [0.05, 0.1) is 19.3 Å². The summed E-state index contributed by atoms with van der Waals surface area (Å²) in [5, 5.41) is 2.90. The van der Waals surface area contributed by atoms with E-state index in [0.717, 1.165) is 5.56 Å². The highest BCUT2D eigenvalue weighted by molar-refractivity contribution is 6.08. The molecule has 1 heterocycles. The maximum Gasteiger partial charge on any atom is 0.263 e. The standard InChI is InChI=1S/C24H22N2O4/c1-29-19-13-11-18(12-14-19)24(28)26-16-22(30-21-10-6-5-9-20(21)26)23(27)25-15-17-7-3-2-4-8-17/h2-14,22H,15-16H2,1H3,(H,25,27)/t22-/m0/s1. The van der Waals surface area contributed by atoms with Gasteiger partial charge in [0, 0.05) is 12.1 Å². The normalized spacial score (nSPS) is 15.0. The minimum atomic E-state index is -0.800. The van der Waals surface area contributed by atoms with Crippen molar-refractivity contribution in [2.45, 2.75) is 12.6 Å². The Morgan fingerprint density at radius 1 is 1.00 bits per heavy atom. The van der Waals surface area contributed by atoms with Crippen LogP contribution in [0.3, 0.4) is 0 Å². The quantitative estimate of drug-likeness (QED) is 0.710. The van der Waals surface area contributed by atoms with Crippen LogP contribution in [0.2, 0.25) is 0 Å². The van der Waals surface area contributed by atoms with E-state index in [2.05, 4.69) is 5.32 Å². The summed E-state index contributed by atoms with van der Waals surface area (Å²) >= 11 is 0. The molecule has 0 aromatic heterocycles. The van der Waals surface area contributed by atoms with Gasteiger partial charge in [0.2, 0.25) is 0 Å². The van der Waals surface area contributed by atoms with E-state index in [4.69, 9.17) is 9.47 Å². The van der Waals surface area contributed by atoms with E-state index in [-0.39, 0.29) is 18.4 Å². The fraction of sp³-hybridized carbons (Fsp3) is 0.167. The summed E-state index contributed by atoms with van der Waals surface area (Å²) in [5.41, 5.74) is 2.15. The number of hydrogen-bond donors (Lipinski definition) is 1. The Morgan fingerprint density at radius 2 is 1.70 bits per heavy atom. The van der Waals surface area contributed by atoms with E-state index >= 15 is 0 Å². The fourth-order valence-electron chi connectivity index (χ4n) is 3.35. The molecule has 0 saturated heterocycles. The minimum Gasteiger partial charge on any atom is -0.497 e. The highest BCUT2D eigenvalue weighted by Gasteiger charge is 2.34. The summed E-state index contributed by atoms with van der Waals surface area (Å²) in [5.74, 6) is 0.715. The monoisotopic (exact) mass is 402 g/mol. The lowest BCUT2D eigenvalue weighted by Crippen LogP contribution is -2.50. The van der Waals surface area contributed by atoms with Crippen LogP contribution in [0.4, 0.5) is 5.69 Å². The first-order chi connectivity index (χ1) is 14.7. The summed E-state index contributed by atoms with van der Waals surface area (Å²) in [7, 11) is 1.58. The van der Waals surface area contributed by atoms with E-state index in [1.165, 1.54) is 0 Å². The second-order valence-electron chi connectivity index (χ2n) is 6.92. The average molecular weight is 402 g/mol. The number of carbonyl (C=O) groups excluding carboxylic acids is 2. The van der Waals surface area contributed by atoms with Gasteiger partial charge < -0.3 is 19.7 Å². The molecule has 0 aliphatic carbocycles. The molecule has 1 atom stereocenters. The number of amides is 2. The van der Waals surface area contributed by atoms with Gasteiger partial charge in [-0.05, 0) is 42.0 Å². The van der Waals surface area contributed by atoms with Crippen molar-refractivity contribution < 1.29 is 19.1 Å². The maximum absolute atomic E-state index is 13.2. The molecule has 1 N–H and O–H groups in total. The van der Waals surface area contributed by atoms with Crippen molar-refractivity contribution in [1.82, 2.24) is 5.32 Å². The van der Waals surface area contributed by atoms with Crippen LogP contribution in [0.25, 0.3) is 0 Å². The Hall–Kier alpha value is -3.80. The zero-order valence-electron chi connectivity index (χ0n) is 16.6. The van der Waals surface area contributed by atoms with Crippen LogP contribution in [0.1, 0.15) is 15.9 Å². The number of ether oxygens (including phenoxy) is 2. The lowest BCUT2D eigenvalue weighted by atomic mass is 10.1. The van der Waals surface area contributed by atoms with Gasteiger partial charge in [-0.1, -0.05) is 42.5 Å². The minimum absolute atomic E-state index is 0.127. The third-order valence-electron chi connectivity index (χ3n) is 4.96. The van der Waals surface area contributed by atoms with Crippen molar-refractivity contribution in [2.75, 3.05) is 18.6 Å². The number of nitrogens with one attached hydrogen (secondary N) is 1. The SMILES string of the molecule is COc1ccc(C(=O)N2C[C@@H](C(=O)NCc3ccccc3)Oc3ccccc32)cc1. The Kier molecular flexibility index (Phi) is 5.66. The number of carbonyl (C=O) groups is 2. The van der Waals surface area contributed by atoms with E-state index in [0.29, 0.717) is 29.3 Å². The summed E-state index contributed by atoms with van der Waals surface area (Å²) < 4.78 is 11.1. The Morgan fingerprint density at radius 3 is 2.43 bits per heavy atom. The van der Waals surface area contributed by atoms with Gasteiger partial charge in [-0.3, -0.25) is 9.59 Å². The molecule has 0 bridgehead atoms. The Labute approximate surface area is 175 Å². The van der Waals surface area contributed by atoms with Crippen molar-refractivity contribution in [3.8, 4) is 11.5 Å². The van der Waals surface area contributed by atoms with Crippen LogP contribution in [0.15, 0.2) is 78.9 Å². The summed E-state index contributed by atoms with van der Waals surface area (Å²) in [6.07, 6.45) is -0.800. The van der Waals surface area contributed by atoms with Crippen LogP contribution >= 0.6 is 0 Å². The smallest absolute Gasteiger partial charge is 0.263 e. The Bertz CT molecular complexity index is 1030. The van der Waals surface area contributed by atoms with Crippen molar-refractivity contribution in [2.24, 2.45) is 0 Å². The number of fused-ring (bicyclic) bond motifs is 1. The van der Waals surface area contributed by atoms with E-state index in [9.17, 15) is 9.59 Å². The second-order valence-corrected chi connectivity index (χ2v) is 6.92. The molecule has 6 heteroatoms. The highest BCUT2D eigenvalue weighted by Crippen LogP contribution is 2.34. The molecule has 152 valence electrons. The number of para-hydroxylation sites is 2. The van der Waals surface area contributed by atoms with Crippen molar-refractivity contribution in [1.29, 1.82) is 0 Å². The predicted molar refractivity (Wildman–Crippen MR) is 114 cm³/mol. The van der Waals surface area contributed by atoms with Gasteiger partial charge >= 0.3 is 0 Å². The molecule has 0 radical (unpaired) electrons. The first-order valence-electron chi connectivity index (χ1n) is 9.69. The zero-order valence-corrected chi connectivity index (χ0v) is 16.6. The number of benzene rings is 3. The molecule has 0 fully saturated rings. The maximum atomic E-state index is 13.2. The molecular formula is C24H22N2O4. The first kappa shape index (κ1) is 19.5. The van der Waals surface area contributed by atoms with Crippen molar-refractivity contribution in [3.05, 3.63) is 90.0 Å². The van der Waals surface area contributed by atoms with Crippen LogP contribution in [0.5, 0.6) is 11.5 Å². The molecule has 1 aliphatic heterocycles. The van der Waals surface area contributed by atoms with Crippen LogP contribution in [-0.4, -0.2) is 31.6 Å². The number of hydrogen-bond acceptors (Lipinski definition) is 4. The van der Waals surface area contributed by atoms with Crippen molar-refractivity contribution >= 4 is 17.5 Å². The Balaban J connectivity index is 1.54. The van der Waals surface area contributed by atoms with Crippen molar-refractivity contribution in [3.63, 3.8) is 0 Å². The number of nitrogens with zero attached hydrogens (tertiary/aromatic N) is 1. The lowest BCUT2D eigenvalue weighted by molar-refractivity contribution is -0.127. The topological polar surface area (TPSA) is 67.9 Å². The van der Waals surface area contributed by atoms with Gasteiger partial charge in [-0.2, -0.15) is 0 Å². The van der Waals surface area contributed by atoms with Crippen LogP contribution in [0, 0.1) is 0 Å². The second kappa shape index (κ2) is 8.69. The fourth-order valence-corrected chi connectivity index (χ4v) is 3.35. The molecule has 0 spiro atoms. The van der Waals surface area contributed by atoms with E-state index < -0.39 is 6.10 Å². The number of rotatable bonds is 5. The van der Waals surface area contributed by atoms with Gasteiger partial charge in [-0.15, -0.1) is 0 Å². The molecule has 30 heavy (non-hydrogen) atoms. The number of methoxy groups -OCH3 is 1. The molecule has 0 unspecified atom stereocenters. The molecule has 3 aromatic rings. The molecule has 0 saturated carbocycles. The summed E-state index contributed by atoms with van der Waals surface area (Å²) in [6, 6.07) is 23.8. The summed E-state index contributed by atoms with van der Waals surface area (Å²) in [6.45, 7) is 0.524. The van der Waals surface area contributed by atoms with E-state index in [1.54, 1.807) is 42.3 Å². The average Bonchev–Trinajstić information content (AvgIpc) is 2.82. The predicted octanol–water partition coefficient (Wildman–Crippen LogP) is 3.42. The molecule has 4 rings (SSSR count). The third-order valence-corrected chi connectivity index (χ3v) is 4.96. The first-order valence-corrected chi connectivity index (χ1v) is 9.69. The van der Waals surface area contributed by atoms with Gasteiger partial charge in [0.1, 0.15) is 11.5 Å². The molecule has 2 amide bonds.